The highest BCUT2D eigenvalue weighted by Gasteiger charge is 2.14. The second-order valence-corrected chi connectivity index (χ2v) is 7.03. The Morgan fingerprint density at radius 1 is 0.906 bits per heavy atom. The van der Waals surface area contributed by atoms with Crippen LogP contribution in [0.3, 0.4) is 0 Å². The van der Waals surface area contributed by atoms with Gasteiger partial charge in [0.1, 0.15) is 5.75 Å². The molecular weight excluding hydrogens is 404 g/mol. The molecule has 0 aliphatic rings. The average molecular weight is 426 g/mol. The van der Waals surface area contributed by atoms with Crippen LogP contribution in [-0.4, -0.2) is 30.1 Å². The first-order valence-corrected chi connectivity index (χ1v) is 10.3. The Hall–Kier alpha value is -4.19. The van der Waals surface area contributed by atoms with Crippen LogP contribution in [0.25, 0.3) is 22.2 Å². The van der Waals surface area contributed by atoms with Gasteiger partial charge in [-0.15, -0.1) is 0 Å². The fraction of sp³-hybridized carbons (Fsp3) is 0.115. The highest BCUT2D eigenvalue weighted by Crippen LogP contribution is 2.31. The summed E-state index contributed by atoms with van der Waals surface area (Å²) in [5.74, 6) is -0.249. The quantitative estimate of drug-likeness (QED) is 0.416. The van der Waals surface area contributed by atoms with E-state index in [-0.39, 0.29) is 19.1 Å². The third-order valence-electron chi connectivity index (χ3n) is 4.77. The number of pyridine rings is 1. The van der Waals surface area contributed by atoms with E-state index in [1.165, 1.54) is 0 Å². The number of para-hydroxylation sites is 1. The Kier molecular flexibility index (Phi) is 6.41. The predicted octanol–water partition coefficient (Wildman–Crippen LogP) is 5.10. The minimum absolute atomic E-state index is 0.189. The largest absolute Gasteiger partial charge is 0.483 e. The van der Waals surface area contributed by atoms with Gasteiger partial charge in [-0.2, -0.15) is 0 Å². The number of hydrogen-bond donors (Lipinski definition) is 1. The van der Waals surface area contributed by atoms with Crippen molar-refractivity contribution in [2.45, 2.75) is 6.92 Å². The van der Waals surface area contributed by atoms with Gasteiger partial charge in [0.2, 0.25) is 0 Å². The molecule has 32 heavy (non-hydrogen) atoms. The van der Waals surface area contributed by atoms with Gasteiger partial charge in [-0.05, 0) is 37.3 Å². The molecule has 0 aliphatic carbocycles. The molecule has 4 rings (SSSR count). The number of ether oxygens (including phenoxy) is 2. The lowest BCUT2D eigenvalue weighted by molar-refractivity contribution is -0.118. The number of rotatable bonds is 7. The lowest BCUT2D eigenvalue weighted by Gasteiger charge is -2.13. The molecule has 0 unspecified atom stereocenters. The van der Waals surface area contributed by atoms with Crippen LogP contribution in [0, 0.1) is 0 Å². The van der Waals surface area contributed by atoms with E-state index < -0.39 is 5.97 Å². The lowest BCUT2D eigenvalue weighted by Crippen LogP contribution is -2.20. The van der Waals surface area contributed by atoms with Crippen molar-refractivity contribution in [1.82, 2.24) is 4.98 Å². The molecule has 0 saturated heterocycles. The third kappa shape index (κ3) is 4.92. The summed E-state index contributed by atoms with van der Waals surface area (Å²) >= 11 is 0. The van der Waals surface area contributed by atoms with E-state index in [1.54, 1.807) is 43.3 Å². The zero-order chi connectivity index (χ0) is 22.3. The molecule has 0 atom stereocenters. The molecule has 0 radical (unpaired) electrons. The summed E-state index contributed by atoms with van der Waals surface area (Å²) in [6.45, 7) is 1.85. The van der Waals surface area contributed by atoms with E-state index in [0.717, 1.165) is 5.56 Å². The van der Waals surface area contributed by atoms with Crippen LogP contribution in [0.15, 0.2) is 84.9 Å². The van der Waals surface area contributed by atoms with E-state index in [2.05, 4.69) is 5.32 Å². The lowest BCUT2D eigenvalue weighted by atomic mass is 10.1. The van der Waals surface area contributed by atoms with Gasteiger partial charge in [0.05, 0.1) is 23.4 Å². The molecule has 4 aromatic rings. The molecule has 0 bridgehead atoms. The van der Waals surface area contributed by atoms with Crippen LogP contribution in [0.4, 0.5) is 5.69 Å². The molecule has 3 aromatic carbocycles. The van der Waals surface area contributed by atoms with E-state index in [4.69, 9.17) is 14.5 Å². The minimum Gasteiger partial charge on any atom is -0.483 e. The van der Waals surface area contributed by atoms with Crippen LogP contribution in [0.1, 0.15) is 17.3 Å². The molecule has 160 valence electrons. The van der Waals surface area contributed by atoms with Gasteiger partial charge in [-0.1, -0.05) is 48.5 Å². The Labute approximate surface area is 185 Å². The van der Waals surface area contributed by atoms with E-state index in [0.29, 0.717) is 33.6 Å². The van der Waals surface area contributed by atoms with Crippen molar-refractivity contribution >= 4 is 28.5 Å². The molecule has 1 heterocycles. The number of anilines is 1. The second-order valence-electron chi connectivity index (χ2n) is 7.03. The number of carbonyl (C=O) groups excluding carboxylic acids is 2. The Morgan fingerprint density at radius 2 is 1.62 bits per heavy atom. The van der Waals surface area contributed by atoms with Crippen LogP contribution in [-0.2, 0) is 9.53 Å². The summed E-state index contributed by atoms with van der Waals surface area (Å²) in [6.07, 6.45) is 0. The van der Waals surface area contributed by atoms with Crippen LogP contribution < -0.4 is 10.1 Å². The van der Waals surface area contributed by atoms with Crippen molar-refractivity contribution < 1.29 is 19.1 Å². The molecule has 1 amide bonds. The van der Waals surface area contributed by atoms with E-state index in [1.807, 2.05) is 48.5 Å². The van der Waals surface area contributed by atoms with Crippen molar-refractivity contribution in [3.05, 3.63) is 90.5 Å². The SMILES string of the molecule is CCOC(=O)c1ccc2nc(-c3ccccc3)cc(OCC(=O)Nc3ccccc3)c2c1. The number of nitrogens with one attached hydrogen (secondary N) is 1. The molecule has 1 N–H and O–H groups in total. The third-order valence-corrected chi connectivity index (χ3v) is 4.77. The summed E-state index contributed by atoms with van der Waals surface area (Å²) in [5, 5.41) is 3.43. The van der Waals surface area contributed by atoms with Crippen molar-refractivity contribution in [2.24, 2.45) is 0 Å². The first-order chi connectivity index (χ1) is 15.6. The summed E-state index contributed by atoms with van der Waals surface area (Å²) < 4.78 is 11.0. The Bertz CT molecular complexity index is 1240. The number of fused-ring (bicyclic) bond motifs is 1. The minimum atomic E-state index is -0.422. The van der Waals surface area contributed by atoms with Gasteiger partial charge in [-0.3, -0.25) is 4.79 Å². The van der Waals surface area contributed by atoms with Crippen LogP contribution in [0.2, 0.25) is 0 Å². The van der Waals surface area contributed by atoms with E-state index >= 15 is 0 Å². The first-order valence-electron chi connectivity index (χ1n) is 10.3. The molecule has 0 aliphatic heterocycles. The molecule has 1 aromatic heterocycles. The number of hydrogen-bond acceptors (Lipinski definition) is 5. The number of nitrogens with zero attached hydrogens (tertiary/aromatic N) is 1. The maximum Gasteiger partial charge on any atom is 0.338 e. The number of esters is 1. The van der Waals surface area contributed by atoms with Crippen LogP contribution in [0.5, 0.6) is 5.75 Å². The molecule has 0 saturated carbocycles. The summed E-state index contributed by atoms with van der Waals surface area (Å²) in [5.41, 5.74) is 3.36. The van der Waals surface area contributed by atoms with Crippen molar-refractivity contribution in [3.63, 3.8) is 0 Å². The number of carbonyl (C=O) groups is 2. The van der Waals surface area contributed by atoms with E-state index in [9.17, 15) is 9.59 Å². The first kappa shape index (κ1) is 21.1. The molecule has 6 heteroatoms. The molecule has 0 fully saturated rings. The number of aromatic nitrogens is 1. The topological polar surface area (TPSA) is 77.5 Å². The fourth-order valence-corrected chi connectivity index (χ4v) is 3.27. The second kappa shape index (κ2) is 9.75. The van der Waals surface area contributed by atoms with Crippen molar-refractivity contribution in [3.8, 4) is 17.0 Å². The zero-order valence-corrected chi connectivity index (χ0v) is 17.6. The normalized spacial score (nSPS) is 10.5. The maximum atomic E-state index is 12.4. The van der Waals surface area contributed by atoms with Gasteiger partial charge in [0.25, 0.3) is 5.91 Å². The smallest absolute Gasteiger partial charge is 0.338 e. The molecule has 0 spiro atoms. The summed E-state index contributed by atoms with van der Waals surface area (Å²) in [4.78, 5) is 29.3. The standard InChI is InChI=1S/C26H22N2O4/c1-2-31-26(30)19-13-14-22-21(15-19)24(16-23(28-22)18-9-5-3-6-10-18)32-17-25(29)27-20-11-7-4-8-12-20/h3-16H,2,17H2,1H3,(H,27,29). The maximum absolute atomic E-state index is 12.4. The Morgan fingerprint density at radius 3 is 2.34 bits per heavy atom. The Balaban J connectivity index is 1.67. The average Bonchev–Trinajstić information content (AvgIpc) is 2.83. The predicted molar refractivity (Wildman–Crippen MR) is 124 cm³/mol. The summed E-state index contributed by atoms with van der Waals surface area (Å²) in [7, 11) is 0. The van der Waals surface area contributed by atoms with Gasteiger partial charge in [-0.25, -0.2) is 9.78 Å². The van der Waals surface area contributed by atoms with Gasteiger partial charge >= 0.3 is 5.97 Å². The van der Waals surface area contributed by atoms with Crippen molar-refractivity contribution in [1.29, 1.82) is 0 Å². The summed E-state index contributed by atoms with van der Waals surface area (Å²) in [6, 6.07) is 25.8. The molecule has 6 nitrogen and oxygen atoms in total. The van der Waals surface area contributed by atoms with Crippen molar-refractivity contribution in [2.75, 3.05) is 18.5 Å². The number of amides is 1. The fourth-order valence-electron chi connectivity index (χ4n) is 3.27. The monoisotopic (exact) mass is 426 g/mol. The zero-order valence-electron chi connectivity index (χ0n) is 17.6. The molecular formula is C26H22N2O4. The number of benzene rings is 3. The van der Waals surface area contributed by atoms with Gasteiger partial charge < -0.3 is 14.8 Å². The van der Waals surface area contributed by atoms with Crippen LogP contribution >= 0.6 is 0 Å². The highest BCUT2D eigenvalue weighted by molar-refractivity contribution is 5.97. The highest BCUT2D eigenvalue weighted by atomic mass is 16.5. The van der Waals surface area contributed by atoms with Gasteiger partial charge in [0.15, 0.2) is 6.61 Å². The van der Waals surface area contributed by atoms with Gasteiger partial charge in [0, 0.05) is 22.7 Å².